The first-order valence-electron chi connectivity index (χ1n) is 4.52. The van der Waals surface area contributed by atoms with Gasteiger partial charge < -0.3 is 0 Å². The number of halogens is 2. The summed E-state index contributed by atoms with van der Waals surface area (Å²) in [5.74, 6) is 0.374. The number of H-pyrrole nitrogens is 1. The summed E-state index contributed by atoms with van der Waals surface area (Å²) in [7, 11) is 0. The van der Waals surface area contributed by atoms with Crippen molar-refractivity contribution in [2.75, 3.05) is 0 Å². The summed E-state index contributed by atoms with van der Waals surface area (Å²) in [4.78, 5) is 3.90. The second-order valence-corrected chi connectivity index (χ2v) is 3.48. The van der Waals surface area contributed by atoms with E-state index < -0.39 is 13.0 Å². The van der Waals surface area contributed by atoms with Crippen molar-refractivity contribution >= 4 is 12.2 Å². The monoisotopic (exact) mass is 242 g/mol. The number of nitrogens with zero attached hydrogens (tertiary/aromatic N) is 3. The smallest absolute Gasteiger partial charge is 0.256 e. The van der Waals surface area contributed by atoms with Crippen LogP contribution in [-0.2, 0) is 6.54 Å². The molecule has 2 heterocycles. The van der Waals surface area contributed by atoms with E-state index in [1.54, 1.807) is 24.5 Å². The van der Waals surface area contributed by atoms with Gasteiger partial charge in [0.2, 0.25) is 0 Å². The number of alkyl halides is 2. The molecule has 0 saturated carbocycles. The largest absolute Gasteiger partial charge is 0.294 e. The highest BCUT2D eigenvalue weighted by Gasteiger charge is 2.12. The van der Waals surface area contributed by atoms with Gasteiger partial charge in [0, 0.05) is 18.0 Å². The van der Waals surface area contributed by atoms with Crippen LogP contribution in [0.3, 0.4) is 0 Å². The third-order valence-corrected chi connectivity index (χ3v) is 2.31. The maximum Gasteiger partial charge on any atom is 0.256 e. The van der Waals surface area contributed by atoms with Crippen LogP contribution in [0.5, 0.6) is 0 Å². The lowest BCUT2D eigenvalue weighted by Crippen LogP contribution is -2.08. The molecule has 0 aliphatic carbocycles. The molecule has 2 aromatic heterocycles. The zero-order valence-electron chi connectivity index (χ0n) is 8.10. The van der Waals surface area contributed by atoms with Gasteiger partial charge in [0.05, 0.1) is 6.54 Å². The Balaban J connectivity index is 2.46. The summed E-state index contributed by atoms with van der Waals surface area (Å²) < 4.78 is 26.1. The van der Waals surface area contributed by atoms with Gasteiger partial charge in [-0.3, -0.25) is 14.6 Å². The molecule has 2 aromatic rings. The molecule has 0 amide bonds. The molecule has 0 unspecified atom stereocenters. The number of aromatic nitrogens is 4. The van der Waals surface area contributed by atoms with E-state index in [1.807, 2.05) is 0 Å². The Morgan fingerprint density at radius 1 is 1.50 bits per heavy atom. The molecule has 4 nitrogen and oxygen atoms in total. The first kappa shape index (κ1) is 10.9. The predicted octanol–water partition coefficient (Wildman–Crippen LogP) is 2.27. The van der Waals surface area contributed by atoms with E-state index in [-0.39, 0.29) is 4.77 Å². The van der Waals surface area contributed by atoms with Crippen LogP contribution in [0.4, 0.5) is 8.78 Å². The lowest BCUT2D eigenvalue weighted by molar-refractivity contribution is 0.126. The van der Waals surface area contributed by atoms with Crippen molar-refractivity contribution in [3.05, 3.63) is 29.3 Å². The SMILES string of the molecule is FC(F)Cn1c(-c2cccnc2)n[nH]c1=S. The second kappa shape index (κ2) is 4.48. The zero-order valence-corrected chi connectivity index (χ0v) is 8.92. The number of aromatic amines is 1. The summed E-state index contributed by atoms with van der Waals surface area (Å²) in [6, 6.07) is 3.44. The number of pyridine rings is 1. The van der Waals surface area contributed by atoms with E-state index in [4.69, 9.17) is 12.2 Å². The summed E-state index contributed by atoms with van der Waals surface area (Å²) in [5.41, 5.74) is 0.649. The first-order chi connectivity index (χ1) is 7.68. The standard InChI is InChI=1S/C9H8F2N4S/c10-7(11)5-15-8(13-14-9(15)16)6-2-1-3-12-4-6/h1-4,7H,5H2,(H,14,16). The van der Waals surface area contributed by atoms with Crippen LogP contribution in [0.1, 0.15) is 0 Å². The molecule has 16 heavy (non-hydrogen) atoms. The number of hydrogen-bond acceptors (Lipinski definition) is 3. The van der Waals surface area contributed by atoms with E-state index in [0.29, 0.717) is 11.4 Å². The highest BCUT2D eigenvalue weighted by Crippen LogP contribution is 2.16. The van der Waals surface area contributed by atoms with Crippen LogP contribution in [0.2, 0.25) is 0 Å². The Hall–Kier alpha value is -1.63. The van der Waals surface area contributed by atoms with E-state index in [0.717, 1.165) is 0 Å². The van der Waals surface area contributed by atoms with Crippen LogP contribution >= 0.6 is 12.2 Å². The van der Waals surface area contributed by atoms with Crippen LogP contribution in [0.25, 0.3) is 11.4 Å². The average molecular weight is 242 g/mol. The number of nitrogens with one attached hydrogen (secondary N) is 1. The normalized spacial score (nSPS) is 10.9. The third kappa shape index (κ3) is 2.13. The van der Waals surface area contributed by atoms with E-state index in [2.05, 4.69) is 15.2 Å². The Morgan fingerprint density at radius 3 is 2.94 bits per heavy atom. The molecule has 0 fully saturated rings. The minimum atomic E-state index is -2.47. The summed E-state index contributed by atoms with van der Waals surface area (Å²) in [6.07, 6.45) is 0.675. The molecule has 1 N–H and O–H groups in total. The molecule has 0 atom stereocenters. The van der Waals surface area contributed by atoms with Crippen molar-refractivity contribution in [1.82, 2.24) is 19.7 Å². The van der Waals surface area contributed by atoms with Gasteiger partial charge in [0.1, 0.15) is 0 Å². The quantitative estimate of drug-likeness (QED) is 0.840. The molecule has 84 valence electrons. The van der Waals surface area contributed by atoms with Gasteiger partial charge in [-0.25, -0.2) is 8.78 Å². The van der Waals surface area contributed by atoms with E-state index >= 15 is 0 Å². The van der Waals surface area contributed by atoms with Crippen molar-refractivity contribution in [3.63, 3.8) is 0 Å². The fraction of sp³-hybridized carbons (Fsp3) is 0.222. The summed E-state index contributed by atoms with van der Waals surface area (Å²) >= 11 is 4.88. The molecule has 0 bridgehead atoms. The van der Waals surface area contributed by atoms with Gasteiger partial charge in [-0.15, -0.1) is 0 Å². The van der Waals surface area contributed by atoms with Gasteiger partial charge >= 0.3 is 0 Å². The van der Waals surface area contributed by atoms with E-state index in [1.165, 1.54) is 4.57 Å². The summed E-state index contributed by atoms with van der Waals surface area (Å²) in [6.45, 7) is -0.473. The Kier molecular flexibility index (Phi) is 3.04. The van der Waals surface area contributed by atoms with Crippen molar-refractivity contribution in [1.29, 1.82) is 0 Å². The van der Waals surface area contributed by atoms with Crippen molar-refractivity contribution in [2.45, 2.75) is 13.0 Å². The van der Waals surface area contributed by atoms with Gasteiger partial charge in [0.25, 0.3) is 6.43 Å². The fourth-order valence-corrected chi connectivity index (χ4v) is 1.55. The fourth-order valence-electron chi connectivity index (χ4n) is 1.34. The molecule has 0 spiro atoms. The van der Waals surface area contributed by atoms with Gasteiger partial charge in [-0.05, 0) is 24.4 Å². The first-order valence-corrected chi connectivity index (χ1v) is 4.93. The molecule has 0 saturated heterocycles. The Bertz CT molecular complexity index is 520. The van der Waals surface area contributed by atoms with Crippen LogP contribution in [0, 0.1) is 4.77 Å². The minimum absolute atomic E-state index is 0.180. The van der Waals surface area contributed by atoms with Crippen LogP contribution < -0.4 is 0 Å². The van der Waals surface area contributed by atoms with Crippen molar-refractivity contribution in [2.24, 2.45) is 0 Å². The minimum Gasteiger partial charge on any atom is -0.294 e. The molecule has 0 aliphatic rings. The van der Waals surface area contributed by atoms with Gasteiger partial charge in [0.15, 0.2) is 10.6 Å². The predicted molar refractivity (Wildman–Crippen MR) is 56.6 cm³/mol. The lowest BCUT2D eigenvalue weighted by Gasteiger charge is -2.05. The Labute approximate surface area is 95.0 Å². The molecule has 2 rings (SSSR count). The van der Waals surface area contributed by atoms with Crippen LogP contribution in [-0.4, -0.2) is 26.2 Å². The highest BCUT2D eigenvalue weighted by molar-refractivity contribution is 7.71. The topological polar surface area (TPSA) is 46.5 Å². The molecule has 0 aliphatic heterocycles. The van der Waals surface area contributed by atoms with E-state index in [9.17, 15) is 8.78 Å². The Morgan fingerprint density at radius 2 is 2.31 bits per heavy atom. The highest BCUT2D eigenvalue weighted by atomic mass is 32.1. The molecule has 0 aromatic carbocycles. The molecule has 0 radical (unpaired) electrons. The maximum absolute atomic E-state index is 12.3. The maximum atomic E-state index is 12.3. The van der Waals surface area contributed by atoms with Crippen LogP contribution in [0.15, 0.2) is 24.5 Å². The second-order valence-electron chi connectivity index (χ2n) is 3.10. The molecule has 7 heteroatoms. The third-order valence-electron chi connectivity index (χ3n) is 2.00. The van der Waals surface area contributed by atoms with Crippen molar-refractivity contribution in [3.8, 4) is 11.4 Å². The molecular weight excluding hydrogens is 234 g/mol. The van der Waals surface area contributed by atoms with Gasteiger partial charge in [-0.1, -0.05) is 0 Å². The zero-order chi connectivity index (χ0) is 11.5. The van der Waals surface area contributed by atoms with Gasteiger partial charge in [-0.2, -0.15) is 5.10 Å². The lowest BCUT2D eigenvalue weighted by atomic mass is 10.3. The average Bonchev–Trinajstić information content (AvgIpc) is 2.61. The number of hydrogen-bond donors (Lipinski definition) is 1. The number of rotatable bonds is 3. The van der Waals surface area contributed by atoms with Crippen molar-refractivity contribution < 1.29 is 8.78 Å². The molecular formula is C9H8F2N4S. The summed E-state index contributed by atoms with van der Waals surface area (Å²) in [5, 5.41) is 6.41.